The summed E-state index contributed by atoms with van der Waals surface area (Å²) in [5.74, 6) is -0.241. The van der Waals surface area contributed by atoms with Crippen LogP contribution in [0.15, 0.2) is 12.1 Å². The number of halogens is 1. The van der Waals surface area contributed by atoms with Gasteiger partial charge in [-0.2, -0.15) is 0 Å². The van der Waals surface area contributed by atoms with E-state index in [2.05, 4.69) is 16.7 Å². The summed E-state index contributed by atoms with van der Waals surface area (Å²) in [6, 6.07) is 3.35. The van der Waals surface area contributed by atoms with Crippen LogP contribution in [0.2, 0.25) is 0 Å². The van der Waals surface area contributed by atoms with Crippen LogP contribution in [-0.4, -0.2) is 42.7 Å². The van der Waals surface area contributed by atoms with Gasteiger partial charge in [-0.05, 0) is 44.5 Å². The van der Waals surface area contributed by atoms with Crippen LogP contribution in [0.3, 0.4) is 0 Å². The van der Waals surface area contributed by atoms with Gasteiger partial charge in [-0.1, -0.05) is 6.92 Å². The fourth-order valence-corrected chi connectivity index (χ4v) is 2.82. The van der Waals surface area contributed by atoms with Gasteiger partial charge >= 0.3 is 0 Å². The molecule has 0 aromatic heterocycles. The molecule has 1 aromatic carbocycles. The quantitative estimate of drug-likeness (QED) is 0.918. The van der Waals surface area contributed by atoms with Gasteiger partial charge in [-0.25, -0.2) is 4.39 Å². The lowest BCUT2D eigenvalue weighted by Gasteiger charge is -2.37. The van der Waals surface area contributed by atoms with E-state index in [1.54, 1.807) is 13.8 Å². The number of aliphatic hydroxyl groups excluding tert-OH is 1. The van der Waals surface area contributed by atoms with Gasteiger partial charge in [0.2, 0.25) is 0 Å². The number of rotatable bonds is 4. The fraction of sp³-hybridized carbons (Fsp3) is 0.625. The molecule has 20 heavy (non-hydrogen) atoms. The predicted molar refractivity (Wildman–Crippen MR) is 80.7 cm³/mol. The molecule has 1 aliphatic rings. The van der Waals surface area contributed by atoms with Crippen molar-refractivity contribution in [1.82, 2.24) is 4.90 Å². The maximum absolute atomic E-state index is 13.7. The summed E-state index contributed by atoms with van der Waals surface area (Å²) in [6.07, 6.45) is 0.531. The first kappa shape index (κ1) is 15.3. The number of hydrogen-bond donors (Lipinski definition) is 1. The Hall–Kier alpha value is -1.13. The first-order valence-electron chi connectivity index (χ1n) is 7.48. The molecule has 4 heteroatoms. The molecule has 0 radical (unpaired) electrons. The highest BCUT2D eigenvalue weighted by atomic mass is 19.1. The lowest BCUT2D eigenvalue weighted by Crippen LogP contribution is -2.46. The van der Waals surface area contributed by atoms with Crippen molar-refractivity contribution in [3.63, 3.8) is 0 Å². The molecule has 2 rings (SSSR count). The molecular formula is C16H25FN2O. The fourth-order valence-electron chi connectivity index (χ4n) is 2.82. The Morgan fingerprint density at radius 2 is 1.90 bits per heavy atom. The van der Waals surface area contributed by atoms with Gasteiger partial charge in [0.1, 0.15) is 5.82 Å². The molecule has 112 valence electrons. The SMILES string of the molecule is CCCN1CCN(c2cc(C)c(F)cc2C(C)O)CC1. The molecule has 1 aliphatic heterocycles. The van der Waals surface area contributed by atoms with Crippen LogP contribution in [0.4, 0.5) is 10.1 Å². The average molecular weight is 280 g/mol. The molecular weight excluding hydrogens is 255 g/mol. The smallest absolute Gasteiger partial charge is 0.126 e. The Labute approximate surface area is 121 Å². The minimum absolute atomic E-state index is 0.241. The van der Waals surface area contributed by atoms with E-state index in [9.17, 15) is 9.50 Å². The number of anilines is 1. The van der Waals surface area contributed by atoms with Crippen LogP contribution in [0.25, 0.3) is 0 Å². The van der Waals surface area contributed by atoms with Crippen molar-refractivity contribution in [2.24, 2.45) is 0 Å². The second-order valence-corrected chi connectivity index (χ2v) is 5.66. The van der Waals surface area contributed by atoms with E-state index in [-0.39, 0.29) is 5.82 Å². The van der Waals surface area contributed by atoms with Crippen LogP contribution in [0.1, 0.15) is 37.5 Å². The summed E-state index contributed by atoms with van der Waals surface area (Å²) in [5, 5.41) is 9.88. The molecule has 1 unspecified atom stereocenters. The van der Waals surface area contributed by atoms with Crippen LogP contribution < -0.4 is 4.90 Å². The van der Waals surface area contributed by atoms with E-state index < -0.39 is 6.10 Å². The van der Waals surface area contributed by atoms with E-state index >= 15 is 0 Å². The summed E-state index contributed by atoms with van der Waals surface area (Å²) >= 11 is 0. The molecule has 0 amide bonds. The lowest BCUT2D eigenvalue weighted by atomic mass is 10.0. The van der Waals surface area contributed by atoms with E-state index in [1.807, 2.05) is 6.07 Å². The third kappa shape index (κ3) is 3.30. The van der Waals surface area contributed by atoms with Gasteiger partial charge in [0.25, 0.3) is 0 Å². The highest BCUT2D eigenvalue weighted by molar-refractivity contribution is 5.57. The van der Waals surface area contributed by atoms with Gasteiger partial charge in [-0.3, -0.25) is 4.90 Å². The van der Waals surface area contributed by atoms with Crippen molar-refractivity contribution in [2.45, 2.75) is 33.3 Å². The second-order valence-electron chi connectivity index (χ2n) is 5.66. The maximum atomic E-state index is 13.7. The largest absolute Gasteiger partial charge is 0.389 e. The normalized spacial score (nSPS) is 18.4. The van der Waals surface area contributed by atoms with Crippen molar-refractivity contribution in [3.8, 4) is 0 Å². The van der Waals surface area contributed by atoms with Crippen molar-refractivity contribution < 1.29 is 9.50 Å². The minimum Gasteiger partial charge on any atom is -0.389 e. The first-order chi connectivity index (χ1) is 9.52. The second kappa shape index (κ2) is 6.55. The summed E-state index contributed by atoms with van der Waals surface area (Å²) in [7, 11) is 0. The highest BCUT2D eigenvalue weighted by Crippen LogP contribution is 2.30. The number of hydrogen-bond acceptors (Lipinski definition) is 3. The molecule has 0 spiro atoms. The first-order valence-corrected chi connectivity index (χ1v) is 7.48. The van der Waals surface area contributed by atoms with E-state index in [0.29, 0.717) is 11.1 Å². The Morgan fingerprint density at radius 3 is 2.45 bits per heavy atom. The number of aryl methyl sites for hydroxylation is 1. The zero-order valence-corrected chi connectivity index (χ0v) is 12.7. The third-order valence-corrected chi connectivity index (χ3v) is 4.01. The Balaban J connectivity index is 2.18. The Kier molecular flexibility index (Phi) is 5.00. The predicted octanol–water partition coefficient (Wildman–Crippen LogP) is 2.72. The van der Waals surface area contributed by atoms with Crippen molar-refractivity contribution in [2.75, 3.05) is 37.6 Å². The molecule has 1 heterocycles. The van der Waals surface area contributed by atoms with Gasteiger partial charge in [0.15, 0.2) is 0 Å². The maximum Gasteiger partial charge on any atom is 0.126 e. The van der Waals surface area contributed by atoms with Crippen LogP contribution in [0.5, 0.6) is 0 Å². The lowest BCUT2D eigenvalue weighted by molar-refractivity contribution is 0.198. The molecule has 1 aromatic rings. The average Bonchev–Trinajstić information content (AvgIpc) is 2.42. The molecule has 3 nitrogen and oxygen atoms in total. The highest BCUT2D eigenvalue weighted by Gasteiger charge is 2.21. The monoisotopic (exact) mass is 280 g/mol. The Bertz CT molecular complexity index is 454. The van der Waals surface area contributed by atoms with E-state index in [1.165, 1.54) is 12.5 Å². The summed E-state index contributed by atoms with van der Waals surface area (Å²) < 4.78 is 13.7. The van der Waals surface area contributed by atoms with Crippen LogP contribution >= 0.6 is 0 Å². The molecule has 0 saturated carbocycles. The van der Waals surface area contributed by atoms with Crippen LogP contribution in [-0.2, 0) is 0 Å². The summed E-state index contributed by atoms with van der Waals surface area (Å²) in [5.41, 5.74) is 2.31. The van der Waals surface area contributed by atoms with Crippen molar-refractivity contribution in [1.29, 1.82) is 0 Å². The van der Waals surface area contributed by atoms with Crippen molar-refractivity contribution >= 4 is 5.69 Å². The molecule has 0 bridgehead atoms. The van der Waals surface area contributed by atoms with Gasteiger partial charge < -0.3 is 10.0 Å². The number of nitrogens with zero attached hydrogens (tertiary/aromatic N) is 2. The zero-order chi connectivity index (χ0) is 14.7. The molecule has 0 aliphatic carbocycles. The summed E-state index contributed by atoms with van der Waals surface area (Å²) in [4.78, 5) is 4.72. The molecule has 1 fully saturated rings. The van der Waals surface area contributed by atoms with E-state index in [0.717, 1.165) is 38.4 Å². The topological polar surface area (TPSA) is 26.7 Å². The van der Waals surface area contributed by atoms with Crippen LogP contribution in [0, 0.1) is 12.7 Å². The number of piperazine rings is 1. The molecule has 1 N–H and O–H groups in total. The van der Waals surface area contributed by atoms with E-state index in [4.69, 9.17) is 0 Å². The van der Waals surface area contributed by atoms with Gasteiger partial charge in [0.05, 0.1) is 6.10 Å². The van der Waals surface area contributed by atoms with Gasteiger partial charge in [0, 0.05) is 37.4 Å². The number of aliphatic hydroxyl groups is 1. The third-order valence-electron chi connectivity index (χ3n) is 4.01. The summed E-state index contributed by atoms with van der Waals surface area (Å²) in [6.45, 7) is 10.7. The minimum atomic E-state index is -0.645. The molecule has 1 atom stereocenters. The molecule has 1 saturated heterocycles. The van der Waals surface area contributed by atoms with Crippen molar-refractivity contribution in [3.05, 3.63) is 29.1 Å². The Morgan fingerprint density at radius 1 is 1.25 bits per heavy atom. The standard InChI is InChI=1S/C16H25FN2O/c1-4-5-18-6-8-19(9-7-18)16-10-12(2)15(17)11-14(16)13(3)20/h10-11,13,20H,4-9H2,1-3H3. The van der Waals surface area contributed by atoms with Gasteiger partial charge in [-0.15, -0.1) is 0 Å². The number of benzene rings is 1. The zero-order valence-electron chi connectivity index (χ0n) is 12.7.